The summed E-state index contributed by atoms with van der Waals surface area (Å²) >= 11 is 13.0. The Balaban J connectivity index is 1.52. The van der Waals surface area contributed by atoms with Crippen molar-refractivity contribution < 1.29 is 4.74 Å². The number of halogens is 2. The van der Waals surface area contributed by atoms with Crippen molar-refractivity contribution in [2.24, 2.45) is 11.3 Å². The van der Waals surface area contributed by atoms with Gasteiger partial charge in [0.15, 0.2) is 5.82 Å². The maximum absolute atomic E-state index is 12.9. The van der Waals surface area contributed by atoms with E-state index in [9.17, 15) is 4.79 Å². The van der Waals surface area contributed by atoms with Crippen molar-refractivity contribution in [3.8, 4) is 5.75 Å². The van der Waals surface area contributed by atoms with Crippen molar-refractivity contribution >= 4 is 51.7 Å². The summed E-state index contributed by atoms with van der Waals surface area (Å²) in [5.41, 5.74) is 1.74. The summed E-state index contributed by atoms with van der Waals surface area (Å²) in [6.45, 7) is 6.22. The highest BCUT2D eigenvalue weighted by molar-refractivity contribution is 7.15. The molecule has 0 radical (unpaired) electrons. The van der Waals surface area contributed by atoms with Crippen LogP contribution in [0.2, 0.25) is 0 Å². The Bertz CT molecular complexity index is 1330. The van der Waals surface area contributed by atoms with Crippen LogP contribution in [0.1, 0.15) is 38.1 Å². The Hall–Kier alpha value is -2.15. The number of allylic oxidation sites excluding steroid dienone is 1. The molecule has 0 spiro atoms. The molecule has 1 aromatic carbocycles. The van der Waals surface area contributed by atoms with Gasteiger partial charge in [-0.15, -0.1) is 5.10 Å². The zero-order valence-corrected chi connectivity index (χ0v) is 18.9. The number of aromatic nitrogens is 3. The molecule has 2 aliphatic rings. The van der Waals surface area contributed by atoms with Gasteiger partial charge in [0.25, 0.3) is 5.56 Å². The lowest BCUT2D eigenvalue weighted by molar-refractivity contribution is 0.259. The van der Waals surface area contributed by atoms with Crippen molar-refractivity contribution in [3.05, 3.63) is 66.7 Å². The Morgan fingerprint density at radius 1 is 1.30 bits per heavy atom. The molecule has 3 heterocycles. The number of ether oxygens (including phenoxy) is 1. The summed E-state index contributed by atoms with van der Waals surface area (Å²) < 4.78 is 8.21. The van der Waals surface area contributed by atoms with Crippen molar-refractivity contribution in [2.75, 3.05) is 0 Å². The Kier molecular flexibility index (Phi) is 4.58. The first-order chi connectivity index (χ1) is 14.3. The van der Waals surface area contributed by atoms with E-state index in [0.717, 1.165) is 16.9 Å². The van der Waals surface area contributed by atoms with E-state index < -0.39 is 0 Å². The molecule has 0 saturated heterocycles. The summed E-state index contributed by atoms with van der Waals surface area (Å²) in [6, 6.07) is 7.86. The van der Waals surface area contributed by atoms with Gasteiger partial charge >= 0.3 is 0 Å². The fourth-order valence-electron chi connectivity index (χ4n) is 4.17. The third kappa shape index (κ3) is 3.18. The van der Waals surface area contributed by atoms with Crippen molar-refractivity contribution in [1.29, 1.82) is 0 Å². The van der Waals surface area contributed by atoms with Crippen LogP contribution in [0.4, 0.5) is 0 Å². The number of para-hydroxylation sites is 1. The standard InChI is InChI=1S/C22H19Cl2N3O2S/c1-11-13(8-12-6-4-5-7-15(12)29-11)9-16-20(28)27-21(30-16)25-19(26-27)18-14(10-17(23)24)22(18,2)3/h4-11,14,18H,1-3H3/b16-9+. The highest BCUT2D eigenvalue weighted by Crippen LogP contribution is 2.64. The van der Waals surface area contributed by atoms with Crippen LogP contribution in [-0.4, -0.2) is 20.7 Å². The molecule has 8 heteroatoms. The van der Waals surface area contributed by atoms with Gasteiger partial charge in [-0.2, -0.15) is 4.52 Å². The minimum Gasteiger partial charge on any atom is -0.485 e. The fraction of sp³-hybridized carbons (Fsp3) is 0.318. The third-order valence-corrected chi connectivity index (χ3v) is 7.22. The molecule has 1 fully saturated rings. The first-order valence-electron chi connectivity index (χ1n) is 9.67. The molecule has 0 N–H and O–H groups in total. The molecule has 2 aromatic heterocycles. The number of nitrogens with zero attached hydrogens (tertiary/aromatic N) is 3. The van der Waals surface area contributed by atoms with Crippen LogP contribution < -0.4 is 14.8 Å². The summed E-state index contributed by atoms with van der Waals surface area (Å²) in [5.74, 6) is 1.76. The average molecular weight is 460 g/mol. The average Bonchev–Trinajstić information content (AvgIpc) is 2.95. The van der Waals surface area contributed by atoms with E-state index in [4.69, 9.17) is 27.9 Å². The van der Waals surface area contributed by atoms with Crippen molar-refractivity contribution in [2.45, 2.75) is 32.8 Å². The third-order valence-electron chi connectivity index (χ3n) is 6.00. The summed E-state index contributed by atoms with van der Waals surface area (Å²) in [5, 5.41) is 4.51. The topological polar surface area (TPSA) is 56.5 Å². The predicted molar refractivity (Wildman–Crippen MR) is 121 cm³/mol. The molecular weight excluding hydrogens is 441 g/mol. The van der Waals surface area contributed by atoms with Gasteiger partial charge in [0.1, 0.15) is 16.3 Å². The molecule has 5 nitrogen and oxygen atoms in total. The first kappa shape index (κ1) is 19.8. The highest BCUT2D eigenvalue weighted by Gasteiger charge is 2.59. The normalized spacial score (nSPS) is 24.9. The van der Waals surface area contributed by atoms with Gasteiger partial charge in [0.05, 0.1) is 4.53 Å². The van der Waals surface area contributed by atoms with Crippen LogP contribution in [0, 0.1) is 11.3 Å². The Morgan fingerprint density at radius 2 is 2.07 bits per heavy atom. The van der Waals surface area contributed by atoms with E-state index in [1.54, 1.807) is 0 Å². The second-order valence-corrected chi connectivity index (χ2v) is 10.3. The van der Waals surface area contributed by atoms with Gasteiger partial charge in [-0.05, 0) is 48.1 Å². The minimum absolute atomic E-state index is 0.0445. The van der Waals surface area contributed by atoms with Crippen LogP contribution in [0.25, 0.3) is 17.1 Å². The van der Waals surface area contributed by atoms with E-state index in [2.05, 4.69) is 30.0 Å². The fourth-order valence-corrected chi connectivity index (χ4v) is 5.36. The molecule has 1 aliphatic heterocycles. The molecule has 5 rings (SSSR count). The Morgan fingerprint density at radius 3 is 2.80 bits per heavy atom. The molecule has 154 valence electrons. The van der Waals surface area contributed by atoms with Crippen LogP contribution in [-0.2, 0) is 0 Å². The number of fused-ring (bicyclic) bond motifs is 2. The molecule has 0 amide bonds. The smallest absolute Gasteiger partial charge is 0.291 e. The number of thiazole rings is 1. The van der Waals surface area contributed by atoms with Crippen LogP contribution >= 0.6 is 34.5 Å². The molecule has 1 saturated carbocycles. The zero-order chi connectivity index (χ0) is 21.2. The predicted octanol–water partition coefficient (Wildman–Crippen LogP) is 4.57. The van der Waals surface area contributed by atoms with Gasteiger partial charge in [-0.25, -0.2) is 4.98 Å². The molecular formula is C22H19Cl2N3O2S. The van der Waals surface area contributed by atoms with Gasteiger partial charge < -0.3 is 4.74 Å². The van der Waals surface area contributed by atoms with Gasteiger partial charge in [-0.3, -0.25) is 4.79 Å². The number of hydrogen-bond donors (Lipinski definition) is 0. The maximum Gasteiger partial charge on any atom is 0.291 e. The van der Waals surface area contributed by atoms with Gasteiger partial charge in [0, 0.05) is 11.5 Å². The number of rotatable bonds is 3. The molecule has 1 aliphatic carbocycles. The maximum atomic E-state index is 12.9. The highest BCUT2D eigenvalue weighted by atomic mass is 35.5. The lowest BCUT2D eigenvalue weighted by Gasteiger charge is -2.22. The van der Waals surface area contributed by atoms with E-state index in [1.165, 1.54) is 15.9 Å². The lowest BCUT2D eigenvalue weighted by atomic mass is 10.0. The quantitative estimate of drug-likeness (QED) is 0.575. The van der Waals surface area contributed by atoms with Crippen LogP contribution in [0.15, 0.2) is 45.2 Å². The number of hydrogen-bond acceptors (Lipinski definition) is 5. The van der Waals surface area contributed by atoms with E-state index in [0.29, 0.717) is 15.3 Å². The zero-order valence-electron chi connectivity index (χ0n) is 16.6. The molecule has 3 unspecified atom stereocenters. The largest absolute Gasteiger partial charge is 0.485 e. The molecule has 30 heavy (non-hydrogen) atoms. The number of benzene rings is 1. The first-order valence-corrected chi connectivity index (χ1v) is 11.2. The van der Waals surface area contributed by atoms with Crippen molar-refractivity contribution in [1.82, 2.24) is 14.6 Å². The monoisotopic (exact) mass is 459 g/mol. The van der Waals surface area contributed by atoms with E-state index in [1.807, 2.05) is 43.3 Å². The summed E-state index contributed by atoms with van der Waals surface area (Å²) in [6.07, 6.45) is 5.62. The lowest BCUT2D eigenvalue weighted by Crippen LogP contribution is -2.26. The van der Waals surface area contributed by atoms with Crippen LogP contribution in [0.5, 0.6) is 5.75 Å². The molecule has 3 atom stereocenters. The van der Waals surface area contributed by atoms with Crippen LogP contribution in [0.3, 0.4) is 0 Å². The summed E-state index contributed by atoms with van der Waals surface area (Å²) in [7, 11) is 0. The SMILES string of the molecule is CC1Oc2ccccc2C=C1/C=c1/sc2nc(C3C(C=C(Cl)Cl)C3(C)C)nn2c1=O. The van der Waals surface area contributed by atoms with Gasteiger partial charge in [-0.1, -0.05) is 66.6 Å². The van der Waals surface area contributed by atoms with E-state index in [-0.39, 0.29) is 33.4 Å². The second-order valence-electron chi connectivity index (χ2n) is 8.30. The molecule has 3 aromatic rings. The Labute approximate surface area is 187 Å². The summed E-state index contributed by atoms with van der Waals surface area (Å²) in [4.78, 5) is 18.2. The van der Waals surface area contributed by atoms with Gasteiger partial charge in [0.2, 0.25) is 4.96 Å². The van der Waals surface area contributed by atoms with Crippen molar-refractivity contribution in [3.63, 3.8) is 0 Å². The second kappa shape index (κ2) is 6.94. The molecule has 0 bridgehead atoms. The van der Waals surface area contributed by atoms with E-state index >= 15 is 0 Å². The minimum atomic E-state index is -0.165.